The summed E-state index contributed by atoms with van der Waals surface area (Å²) >= 11 is 0. The molecule has 0 radical (unpaired) electrons. The maximum atomic E-state index is 11.5. The summed E-state index contributed by atoms with van der Waals surface area (Å²) in [5.74, 6) is 2.61. The fourth-order valence-corrected chi connectivity index (χ4v) is 1.03. The molecule has 1 rings (SSSR count). The van der Waals surface area contributed by atoms with Crippen LogP contribution in [-0.2, 0) is 4.79 Å². The molecule has 2 heteroatoms. The number of hydrogen-bond acceptors (Lipinski definition) is 1. The summed E-state index contributed by atoms with van der Waals surface area (Å²) in [6, 6.07) is 0.239. The van der Waals surface area contributed by atoms with Crippen molar-refractivity contribution in [2.24, 2.45) is 5.41 Å². The molecule has 1 amide bonds. The molecule has 1 aliphatic rings. The van der Waals surface area contributed by atoms with E-state index in [1.807, 2.05) is 13.8 Å². The minimum Gasteiger partial charge on any atom is -0.352 e. The highest BCUT2D eigenvalue weighted by atomic mass is 16.2. The highest BCUT2D eigenvalue weighted by Gasteiger charge is 2.48. The van der Waals surface area contributed by atoms with Crippen LogP contribution < -0.4 is 5.32 Å². The van der Waals surface area contributed by atoms with Crippen molar-refractivity contribution in [3.05, 3.63) is 0 Å². The Hall–Kier alpha value is -0.970. The van der Waals surface area contributed by atoms with Gasteiger partial charge < -0.3 is 5.32 Å². The Morgan fingerprint density at radius 1 is 1.75 bits per heavy atom. The molecule has 1 fully saturated rings. The SMILES string of the molecule is C#CC1(C(=O)NC(C)CC)CC1. The molecule has 1 aliphatic carbocycles. The highest BCUT2D eigenvalue weighted by Crippen LogP contribution is 2.45. The van der Waals surface area contributed by atoms with E-state index in [1.54, 1.807) is 0 Å². The van der Waals surface area contributed by atoms with Gasteiger partial charge in [-0.2, -0.15) is 0 Å². The van der Waals surface area contributed by atoms with Gasteiger partial charge in [0.2, 0.25) is 5.91 Å². The Morgan fingerprint density at radius 2 is 2.33 bits per heavy atom. The van der Waals surface area contributed by atoms with Crippen molar-refractivity contribution in [3.63, 3.8) is 0 Å². The third kappa shape index (κ3) is 1.61. The second-order valence-corrected chi connectivity index (χ2v) is 3.51. The molecule has 2 nitrogen and oxygen atoms in total. The third-order valence-electron chi connectivity index (χ3n) is 2.45. The average Bonchev–Trinajstić information content (AvgIpc) is 2.84. The quantitative estimate of drug-likeness (QED) is 0.628. The summed E-state index contributed by atoms with van der Waals surface area (Å²) in [5.41, 5.74) is -0.441. The van der Waals surface area contributed by atoms with Crippen LogP contribution in [0.3, 0.4) is 0 Å². The maximum absolute atomic E-state index is 11.5. The van der Waals surface area contributed by atoms with Crippen LogP contribution in [0.25, 0.3) is 0 Å². The van der Waals surface area contributed by atoms with Crippen molar-refractivity contribution in [2.75, 3.05) is 0 Å². The number of hydrogen-bond donors (Lipinski definition) is 1. The smallest absolute Gasteiger partial charge is 0.238 e. The van der Waals surface area contributed by atoms with Gasteiger partial charge in [-0.05, 0) is 26.2 Å². The van der Waals surface area contributed by atoms with Gasteiger partial charge in [0, 0.05) is 6.04 Å². The number of terminal acetylenes is 1. The maximum Gasteiger partial charge on any atom is 0.238 e. The third-order valence-corrected chi connectivity index (χ3v) is 2.45. The van der Waals surface area contributed by atoms with Crippen molar-refractivity contribution >= 4 is 5.91 Å². The summed E-state index contributed by atoms with van der Waals surface area (Å²) in [5, 5.41) is 2.90. The molecule has 1 atom stereocenters. The van der Waals surface area contributed by atoms with E-state index in [1.165, 1.54) is 0 Å². The van der Waals surface area contributed by atoms with E-state index >= 15 is 0 Å². The monoisotopic (exact) mass is 165 g/mol. The lowest BCUT2D eigenvalue weighted by Crippen LogP contribution is -2.37. The zero-order valence-corrected chi connectivity index (χ0v) is 7.68. The van der Waals surface area contributed by atoms with Gasteiger partial charge in [0.1, 0.15) is 5.41 Å². The minimum atomic E-state index is -0.441. The van der Waals surface area contributed by atoms with Crippen LogP contribution in [0.1, 0.15) is 33.1 Å². The number of carbonyl (C=O) groups excluding carboxylic acids is 1. The van der Waals surface area contributed by atoms with Gasteiger partial charge in [0.15, 0.2) is 0 Å². The Bertz CT molecular complexity index is 222. The van der Waals surface area contributed by atoms with Gasteiger partial charge in [0.25, 0.3) is 0 Å². The van der Waals surface area contributed by atoms with E-state index in [2.05, 4.69) is 11.2 Å². The lowest BCUT2D eigenvalue weighted by atomic mass is 10.1. The van der Waals surface area contributed by atoms with Gasteiger partial charge in [0.05, 0.1) is 0 Å². The largest absolute Gasteiger partial charge is 0.352 e. The van der Waals surface area contributed by atoms with E-state index in [-0.39, 0.29) is 11.9 Å². The average molecular weight is 165 g/mol. The van der Waals surface area contributed by atoms with Gasteiger partial charge in [-0.1, -0.05) is 12.8 Å². The van der Waals surface area contributed by atoms with Crippen molar-refractivity contribution in [2.45, 2.75) is 39.2 Å². The Kier molecular flexibility index (Phi) is 2.42. The van der Waals surface area contributed by atoms with Gasteiger partial charge in [-0.3, -0.25) is 4.79 Å². The lowest BCUT2D eigenvalue weighted by molar-refractivity contribution is -0.125. The zero-order chi connectivity index (χ0) is 9.19. The number of nitrogens with one attached hydrogen (secondary N) is 1. The Balaban J connectivity index is 2.45. The molecule has 66 valence electrons. The molecule has 1 unspecified atom stereocenters. The summed E-state index contributed by atoms with van der Waals surface area (Å²) in [6.07, 6.45) is 7.93. The van der Waals surface area contributed by atoms with E-state index in [4.69, 9.17) is 6.42 Å². The normalized spacial score (nSPS) is 20.8. The molecule has 0 heterocycles. The first kappa shape index (κ1) is 9.12. The molecule has 12 heavy (non-hydrogen) atoms. The van der Waals surface area contributed by atoms with Crippen LogP contribution in [0.5, 0.6) is 0 Å². The van der Waals surface area contributed by atoms with Gasteiger partial charge in [-0.15, -0.1) is 6.42 Å². The van der Waals surface area contributed by atoms with Crippen molar-refractivity contribution in [1.29, 1.82) is 0 Å². The summed E-state index contributed by atoms with van der Waals surface area (Å²) in [4.78, 5) is 11.5. The second-order valence-electron chi connectivity index (χ2n) is 3.51. The van der Waals surface area contributed by atoms with Gasteiger partial charge >= 0.3 is 0 Å². The molecule has 0 saturated heterocycles. The first-order chi connectivity index (χ1) is 5.64. The molecule has 0 spiro atoms. The molecular weight excluding hydrogens is 150 g/mol. The molecule has 0 aromatic rings. The molecule has 0 aromatic carbocycles. The number of carbonyl (C=O) groups is 1. The predicted molar refractivity (Wildman–Crippen MR) is 48.4 cm³/mol. The molecular formula is C10H15NO. The fraction of sp³-hybridized carbons (Fsp3) is 0.700. The Labute approximate surface area is 73.7 Å². The molecule has 0 bridgehead atoms. The van der Waals surface area contributed by atoms with Gasteiger partial charge in [-0.25, -0.2) is 0 Å². The lowest BCUT2D eigenvalue weighted by Gasteiger charge is -2.14. The van der Waals surface area contributed by atoms with Crippen molar-refractivity contribution in [3.8, 4) is 12.3 Å². The topological polar surface area (TPSA) is 29.1 Å². The number of rotatable bonds is 3. The molecule has 1 saturated carbocycles. The Morgan fingerprint density at radius 3 is 2.67 bits per heavy atom. The van der Waals surface area contributed by atoms with Crippen LogP contribution in [0.2, 0.25) is 0 Å². The molecule has 1 N–H and O–H groups in total. The fourth-order valence-electron chi connectivity index (χ4n) is 1.03. The highest BCUT2D eigenvalue weighted by molar-refractivity contribution is 5.88. The van der Waals surface area contributed by atoms with E-state index in [9.17, 15) is 4.79 Å². The standard InChI is InChI=1S/C10H15NO/c1-4-8(3)11-9(12)10(5-2)6-7-10/h2,8H,4,6-7H2,1,3H3,(H,11,12). The molecule has 0 aromatic heterocycles. The first-order valence-corrected chi connectivity index (χ1v) is 4.43. The minimum absolute atomic E-state index is 0.0411. The van der Waals surface area contributed by atoms with E-state index in [0.717, 1.165) is 19.3 Å². The van der Waals surface area contributed by atoms with Crippen molar-refractivity contribution < 1.29 is 4.79 Å². The van der Waals surface area contributed by atoms with Crippen LogP contribution >= 0.6 is 0 Å². The molecule has 0 aliphatic heterocycles. The van der Waals surface area contributed by atoms with Crippen molar-refractivity contribution in [1.82, 2.24) is 5.32 Å². The van der Waals surface area contributed by atoms with E-state index < -0.39 is 5.41 Å². The van der Waals surface area contributed by atoms with Crippen LogP contribution in [0.4, 0.5) is 0 Å². The number of amides is 1. The van der Waals surface area contributed by atoms with E-state index in [0.29, 0.717) is 0 Å². The first-order valence-electron chi connectivity index (χ1n) is 4.43. The second kappa shape index (κ2) is 3.18. The summed E-state index contributed by atoms with van der Waals surface area (Å²) in [6.45, 7) is 4.03. The van der Waals surface area contributed by atoms with Crippen LogP contribution in [0.15, 0.2) is 0 Å². The van der Waals surface area contributed by atoms with Crippen LogP contribution in [0, 0.1) is 17.8 Å². The van der Waals surface area contributed by atoms with Crippen LogP contribution in [-0.4, -0.2) is 11.9 Å². The predicted octanol–water partition coefficient (Wildman–Crippen LogP) is 1.31. The summed E-state index contributed by atoms with van der Waals surface area (Å²) < 4.78 is 0. The zero-order valence-electron chi connectivity index (χ0n) is 7.68. The summed E-state index contributed by atoms with van der Waals surface area (Å²) in [7, 11) is 0.